The van der Waals surface area contributed by atoms with Crippen LogP contribution in [0.25, 0.3) is 11.3 Å². The molecule has 0 aliphatic carbocycles. The number of ether oxygens (including phenoxy) is 1. The minimum absolute atomic E-state index is 0.0274. The summed E-state index contributed by atoms with van der Waals surface area (Å²) in [5, 5.41) is 6.94. The summed E-state index contributed by atoms with van der Waals surface area (Å²) in [5.41, 5.74) is 2.11. The summed E-state index contributed by atoms with van der Waals surface area (Å²) in [6.07, 6.45) is 1.54. The lowest BCUT2D eigenvalue weighted by molar-refractivity contribution is -0.126. The van der Waals surface area contributed by atoms with Crippen LogP contribution >= 0.6 is 0 Å². The highest BCUT2D eigenvalue weighted by Crippen LogP contribution is 2.25. The van der Waals surface area contributed by atoms with Crippen molar-refractivity contribution in [2.24, 2.45) is 5.92 Å². The van der Waals surface area contributed by atoms with Crippen LogP contribution < -0.4 is 10.1 Å². The van der Waals surface area contributed by atoms with E-state index in [0.717, 1.165) is 29.7 Å². The van der Waals surface area contributed by atoms with E-state index in [1.165, 1.54) is 0 Å². The van der Waals surface area contributed by atoms with E-state index >= 15 is 0 Å². The lowest BCUT2D eigenvalue weighted by Crippen LogP contribution is -2.45. The molecule has 160 valence electrons. The highest BCUT2D eigenvalue weighted by Gasteiger charge is 2.30. The van der Waals surface area contributed by atoms with Crippen LogP contribution in [-0.2, 0) is 11.3 Å². The van der Waals surface area contributed by atoms with Gasteiger partial charge in [-0.15, -0.1) is 0 Å². The van der Waals surface area contributed by atoms with Gasteiger partial charge in [0, 0.05) is 31.3 Å². The molecular weight excluding hydrogens is 394 g/mol. The number of benzene rings is 2. The highest BCUT2D eigenvalue weighted by molar-refractivity contribution is 5.93. The van der Waals surface area contributed by atoms with Crippen molar-refractivity contribution in [3.8, 4) is 17.1 Å². The van der Waals surface area contributed by atoms with Gasteiger partial charge in [0.1, 0.15) is 5.75 Å². The van der Waals surface area contributed by atoms with Gasteiger partial charge in [-0.25, -0.2) is 0 Å². The Morgan fingerprint density at radius 3 is 2.68 bits per heavy atom. The molecule has 0 bridgehead atoms. The highest BCUT2D eigenvalue weighted by atomic mass is 16.5. The lowest BCUT2D eigenvalue weighted by atomic mass is 9.96. The summed E-state index contributed by atoms with van der Waals surface area (Å²) in [5.74, 6) is 0.781. The molecule has 1 aromatic heterocycles. The van der Waals surface area contributed by atoms with E-state index in [9.17, 15) is 9.59 Å². The summed E-state index contributed by atoms with van der Waals surface area (Å²) < 4.78 is 10.5. The standard InChI is InChI=1S/C24H25N3O4/c1-30-20-11-9-18(10-12-20)22-14-21(26-31-22)24(29)27-13-5-8-19(16-27)23(28)25-15-17-6-3-2-4-7-17/h2-4,6-7,9-12,14,19H,5,8,13,15-16H2,1H3,(H,25,28). The van der Waals surface area contributed by atoms with Crippen LogP contribution in [0, 0.1) is 5.92 Å². The summed E-state index contributed by atoms with van der Waals surface area (Å²) in [6, 6.07) is 18.8. The second-order valence-electron chi connectivity index (χ2n) is 7.60. The number of carbonyl (C=O) groups is 2. The van der Waals surface area contributed by atoms with E-state index in [1.807, 2.05) is 54.6 Å². The van der Waals surface area contributed by atoms with E-state index in [1.54, 1.807) is 18.1 Å². The van der Waals surface area contributed by atoms with Gasteiger partial charge in [0.25, 0.3) is 5.91 Å². The maximum absolute atomic E-state index is 12.9. The van der Waals surface area contributed by atoms with Crippen molar-refractivity contribution in [2.75, 3.05) is 20.2 Å². The minimum Gasteiger partial charge on any atom is -0.497 e. The molecule has 1 unspecified atom stereocenters. The molecule has 1 N–H and O–H groups in total. The van der Waals surface area contributed by atoms with Gasteiger partial charge in [0.2, 0.25) is 5.91 Å². The second-order valence-corrected chi connectivity index (χ2v) is 7.60. The summed E-state index contributed by atoms with van der Waals surface area (Å²) in [6.45, 7) is 1.47. The topological polar surface area (TPSA) is 84.7 Å². The number of hydrogen-bond acceptors (Lipinski definition) is 5. The molecule has 7 nitrogen and oxygen atoms in total. The third-order valence-corrected chi connectivity index (χ3v) is 5.49. The first-order valence-corrected chi connectivity index (χ1v) is 10.4. The number of hydrogen-bond donors (Lipinski definition) is 1. The van der Waals surface area contributed by atoms with E-state index < -0.39 is 0 Å². The maximum atomic E-state index is 12.9. The first kappa shape index (κ1) is 20.7. The summed E-state index contributed by atoms with van der Waals surface area (Å²) >= 11 is 0. The molecule has 1 aliphatic rings. The molecule has 1 saturated heterocycles. The van der Waals surface area contributed by atoms with Crippen LogP contribution in [0.2, 0.25) is 0 Å². The Morgan fingerprint density at radius 2 is 1.94 bits per heavy atom. The van der Waals surface area contributed by atoms with Crippen LogP contribution in [0.3, 0.4) is 0 Å². The molecule has 0 radical (unpaired) electrons. The van der Waals surface area contributed by atoms with Crippen LogP contribution in [-0.4, -0.2) is 42.1 Å². The SMILES string of the molecule is COc1ccc(-c2cc(C(=O)N3CCCC(C(=O)NCc4ccccc4)C3)no2)cc1. The van der Waals surface area contributed by atoms with Gasteiger partial charge in [-0.3, -0.25) is 9.59 Å². The number of aromatic nitrogens is 1. The Balaban J connectivity index is 1.37. The van der Waals surface area contributed by atoms with Gasteiger partial charge in [-0.2, -0.15) is 0 Å². The van der Waals surface area contributed by atoms with Crippen LogP contribution in [0.15, 0.2) is 65.2 Å². The van der Waals surface area contributed by atoms with E-state index in [-0.39, 0.29) is 23.4 Å². The Morgan fingerprint density at radius 1 is 1.16 bits per heavy atom. The molecule has 7 heteroatoms. The molecular formula is C24H25N3O4. The van der Waals surface area contributed by atoms with Crippen molar-refractivity contribution in [3.63, 3.8) is 0 Å². The molecule has 1 aliphatic heterocycles. The van der Waals surface area contributed by atoms with Crippen molar-refractivity contribution in [3.05, 3.63) is 71.9 Å². The first-order chi connectivity index (χ1) is 15.1. The molecule has 2 amide bonds. The third-order valence-electron chi connectivity index (χ3n) is 5.49. The fourth-order valence-corrected chi connectivity index (χ4v) is 3.73. The summed E-state index contributed by atoms with van der Waals surface area (Å²) in [4.78, 5) is 27.3. The van der Waals surface area contributed by atoms with E-state index in [4.69, 9.17) is 9.26 Å². The smallest absolute Gasteiger partial charge is 0.276 e. The molecule has 1 fully saturated rings. The van der Waals surface area contributed by atoms with E-state index in [0.29, 0.717) is 25.4 Å². The number of piperidine rings is 1. The number of rotatable bonds is 6. The van der Waals surface area contributed by atoms with Crippen molar-refractivity contribution in [1.82, 2.24) is 15.4 Å². The molecule has 0 spiro atoms. The Labute approximate surface area is 181 Å². The van der Waals surface area contributed by atoms with Gasteiger partial charge >= 0.3 is 0 Å². The van der Waals surface area contributed by atoms with E-state index in [2.05, 4.69) is 10.5 Å². The van der Waals surface area contributed by atoms with Crippen LogP contribution in [0.4, 0.5) is 0 Å². The number of likely N-dealkylation sites (tertiary alicyclic amines) is 1. The van der Waals surface area contributed by atoms with Crippen molar-refractivity contribution in [1.29, 1.82) is 0 Å². The normalized spacial score (nSPS) is 16.0. The molecule has 31 heavy (non-hydrogen) atoms. The predicted molar refractivity (Wildman–Crippen MR) is 115 cm³/mol. The molecule has 0 saturated carbocycles. The number of methoxy groups -OCH3 is 1. The van der Waals surface area contributed by atoms with Gasteiger partial charge in [-0.1, -0.05) is 35.5 Å². The largest absolute Gasteiger partial charge is 0.497 e. The predicted octanol–water partition coefficient (Wildman–Crippen LogP) is 3.52. The zero-order valence-electron chi connectivity index (χ0n) is 17.4. The average Bonchev–Trinajstić information content (AvgIpc) is 3.33. The Hall–Kier alpha value is -3.61. The molecule has 2 aromatic carbocycles. The van der Waals surface area contributed by atoms with Crippen molar-refractivity contribution >= 4 is 11.8 Å². The third kappa shape index (κ3) is 4.94. The van der Waals surface area contributed by atoms with Crippen molar-refractivity contribution < 1.29 is 18.8 Å². The Kier molecular flexibility index (Phi) is 6.31. The number of amides is 2. The van der Waals surface area contributed by atoms with Gasteiger partial charge in [-0.05, 0) is 42.7 Å². The molecule has 1 atom stereocenters. The minimum atomic E-state index is -0.227. The second kappa shape index (κ2) is 9.47. The fourth-order valence-electron chi connectivity index (χ4n) is 3.73. The monoisotopic (exact) mass is 419 g/mol. The van der Waals surface area contributed by atoms with Crippen molar-refractivity contribution in [2.45, 2.75) is 19.4 Å². The zero-order valence-corrected chi connectivity index (χ0v) is 17.4. The van der Waals surface area contributed by atoms with Crippen LogP contribution in [0.5, 0.6) is 5.75 Å². The fraction of sp³-hybridized carbons (Fsp3) is 0.292. The molecule has 3 aromatic rings. The first-order valence-electron chi connectivity index (χ1n) is 10.4. The maximum Gasteiger partial charge on any atom is 0.276 e. The van der Waals surface area contributed by atoms with Crippen LogP contribution in [0.1, 0.15) is 28.9 Å². The lowest BCUT2D eigenvalue weighted by Gasteiger charge is -2.31. The molecule has 4 rings (SSSR count). The van der Waals surface area contributed by atoms with Gasteiger partial charge < -0.3 is 19.5 Å². The molecule has 2 heterocycles. The summed E-state index contributed by atoms with van der Waals surface area (Å²) in [7, 11) is 1.61. The quantitative estimate of drug-likeness (QED) is 0.661. The number of nitrogens with one attached hydrogen (secondary N) is 1. The number of carbonyl (C=O) groups excluding carboxylic acids is 2. The zero-order chi connectivity index (χ0) is 21.6. The van der Waals surface area contributed by atoms with Gasteiger partial charge in [0.15, 0.2) is 11.5 Å². The Bertz CT molecular complexity index is 1030. The number of nitrogens with zero attached hydrogens (tertiary/aromatic N) is 2. The van der Waals surface area contributed by atoms with Gasteiger partial charge in [0.05, 0.1) is 13.0 Å². The average molecular weight is 419 g/mol.